The third-order valence-corrected chi connectivity index (χ3v) is 5.13. The molecule has 1 saturated heterocycles. The molecule has 0 bridgehead atoms. The van der Waals surface area contributed by atoms with E-state index in [9.17, 15) is 14.4 Å². The van der Waals surface area contributed by atoms with Crippen molar-refractivity contribution in [1.29, 1.82) is 0 Å². The van der Waals surface area contributed by atoms with Gasteiger partial charge in [0.05, 0.1) is 4.91 Å². The predicted octanol–water partition coefficient (Wildman–Crippen LogP) is 3.92. The monoisotopic (exact) mass is 430 g/mol. The van der Waals surface area contributed by atoms with Crippen molar-refractivity contribution in [2.75, 3.05) is 13.1 Å². The highest BCUT2D eigenvalue weighted by Crippen LogP contribution is 2.31. The molecule has 0 spiro atoms. The number of hydrogen-bond acceptors (Lipinski definition) is 4. The first-order valence-corrected chi connectivity index (χ1v) is 9.50. The lowest BCUT2D eigenvalue weighted by atomic mass is 10.2. The molecule has 0 aliphatic carbocycles. The van der Waals surface area contributed by atoms with Gasteiger partial charge in [-0.05, 0) is 47.7 Å². The topological polar surface area (TPSA) is 66.5 Å². The van der Waals surface area contributed by atoms with Gasteiger partial charge < -0.3 is 5.32 Å². The fourth-order valence-electron chi connectivity index (χ4n) is 2.38. The minimum absolute atomic E-state index is 0.138. The minimum atomic E-state index is -0.332. The number of nitrogens with zero attached hydrogens (tertiary/aromatic N) is 1. The van der Waals surface area contributed by atoms with Gasteiger partial charge >= 0.3 is 0 Å². The van der Waals surface area contributed by atoms with E-state index >= 15 is 0 Å². The van der Waals surface area contributed by atoms with Gasteiger partial charge in [-0.25, -0.2) is 0 Å². The van der Waals surface area contributed by atoms with Gasteiger partial charge in [-0.15, -0.1) is 0 Å². The zero-order valence-electron chi connectivity index (χ0n) is 13.6. The van der Waals surface area contributed by atoms with Crippen LogP contribution in [0.2, 0.25) is 0 Å². The number of carbonyl (C=O) groups excluding carboxylic acids is 3. The molecule has 5 nitrogen and oxygen atoms in total. The van der Waals surface area contributed by atoms with E-state index in [1.165, 1.54) is 0 Å². The summed E-state index contributed by atoms with van der Waals surface area (Å²) in [6.07, 6.45) is 1.70. The van der Waals surface area contributed by atoms with Crippen LogP contribution in [0, 0.1) is 0 Å². The molecular formula is C19H15BrN2O3S. The van der Waals surface area contributed by atoms with E-state index in [-0.39, 0.29) is 30.1 Å². The van der Waals surface area contributed by atoms with Crippen molar-refractivity contribution in [3.8, 4) is 0 Å². The maximum Gasteiger partial charge on any atom is 0.293 e. The minimum Gasteiger partial charge on any atom is -0.350 e. The first kappa shape index (κ1) is 18.4. The Bertz CT molecular complexity index is 866. The Morgan fingerprint density at radius 2 is 1.77 bits per heavy atom. The summed E-state index contributed by atoms with van der Waals surface area (Å²) in [6, 6.07) is 16.3. The largest absolute Gasteiger partial charge is 0.350 e. The lowest BCUT2D eigenvalue weighted by molar-refractivity contribution is -0.122. The second-order valence-corrected chi connectivity index (χ2v) is 7.42. The van der Waals surface area contributed by atoms with E-state index in [4.69, 9.17) is 0 Å². The maximum absolute atomic E-state index is 12.4. The van der Waals surface area contributed by atoms with Gasteiger partial charge in [0.25, 0.3) is 17.1 Å². The van der Waals surface area contributed by atoms with Crippen molar-refractivity contribution in [2.24, 2.45) is 0 Å². The third kappa shape index (κ3) is 4.42. The Kier molecular flexibility index (Phi) is 5.90. The van der Waals surface area contributed by atoms with Crippen LogP contribution in [0.3, 0.4) is 0 Å². The lowest BCUT2D eigenvalue weighted by Gasteiger charge is -2.13. The highest BCUT2D eigenvalue weighted by molar-refractivity contribution is 9.10. The number of imide groups is 1. The summed E-state index contributed by atoms with van der Waals surface area (Å²) in [5.41, 5.74) is 1.38. The Balaban J connectivity index is 1.57. The summed E-state index contributed by atoms with van der Waals surface area (Å²) in [7, 11) is 0. The van der Waals surface area contributed by atoms with Crippen molar-refractivity contribution in [1.82, 2.24) is 10.2 Å². The SMILES string of the molecule is O=C(NCCN1C(=O)S/C(=C/c2ccccc2)C1=O)c1ccc(Br)cc1. The molecule has 1 N–H and O–H groups in total. The van der Waals surface area contributed by atoms with Gasteiger partial charge in [0.1, 0.15) is 0 Å². The summed E-state index contributed by atoms with van der Waals surface area (Å²) in [5, 5.41) is 2.40. The molecule has 1 heterocycles. The molecule has 26 heavy (non-hydrogen) atoms. The molecule has 3 amide bonds. The molecule has 0 atom stereocenters. The zero-order chi connectivity index (χ0) is 18.5. The molecule has 0 saturated carbocycles. The normalized spacial score (nSPS) is 15.6. The Morgan fingerprint density at radius 1 is 1.08 bits per heavy atom. The second-order valence-electron chi connectivity index (χ2n) is 5.51. The summed E-state index contributed by atoms with van der Waals surface area (Å²) < 4.78 is 0.886. The van der Waals surface area contributed by atoms with Gasteiger partial charge in [-0.1, -0.05) is 46.3 Å². The molecule has 0 radical (unpaired) electrons. The molecule has 3 rings (SSSR count). The van der Waals surface area contributed by atoms with E-state index in [2.05, 4.69) is 21.2 Å². The van der Waals surface area contributed by atoms with Crippen LogP contribution < -0.4 is 5.32 Å². The summed E-state index contributed by atoms with van der Waals surface area (Å²) in [4.78, 5) is 38.1. The number of rotatable bonds is 5. The van der Waals surface area contributed by atoms with Crippen LogP contribution in [0.4, 0.5) is 4.79 Å². The van der Waals surface area contributed by atoms with Crippen LogP contribution in [0.25, 0.3) is 6.08 Å². The van der Waals surface area contributed by atoms with Crippen LogP contribution in [0.1, 0.15) is 15.9 Å². The average Bonchev–Trinajstić information content (AvgIpc) is 2.90. The number of hydrogen-bond donors (Lipinski definition) is 1. The summed E-state index contributed by atoms with van der Waals surface area (Å²) >= 11 is 4.23. The predicted molar refractivity (Wildman–Crippen MR) is 106 cm³/mol. The van der Waals surface area contributed by atoms with Crippen molar-refractivity contribution in [3.05, 3.63) is 75.1 Å². The molecule has 0 unspecified atom stereocenters. The van der Waals surface area contributed by atoms with Crippen LogP contribution >= 0.6 is 27.7 Å². The van der Waals surface area contributed by atoms with E-state index < -0.39 is 0 Å². The second kappa shape index (κ2) is 8.33. The molecule has 1 fully saturated rings. The Labute approximate surface area is 163 Å². The molecule has 1 aliphatic rings. The number of thioether (sulfide) groups is 1. The molecule has 2 aromatic rings. The van der Waals surface area contributed by atoms with E-state index in [1.54, 1.807) is 30.3 Å². The third-order valence-electron chi connectivity index (χ3n) is 3.70. The molecule has 1 aliphatic heterocycles. The highest BCUT2D eigenvalue weighted by atomic mass is 79.9. The first-order valence-electron chi connectivity index (χ1n) is 7.89. The van der Waals surface area contributed by atoms with E-state index in [1.807, 2.05) is 30.3 Å². The van der Waals surface area contributed by atoms with Crippen molar-refractivity contribution in [2.45, 2.75) is 0 Å². The number of amides is 3. The number of benzene rings is 2. The van der Waals surface area contributed by atoms with E-state index in [0.29, 0.717) is 10.5 Å². The van der Waals surface area contributed by atoms with Crippen LogP contribution in [0.5, 0.6) is 0 Å². The molecule has 7 heteroatoms. The smallest absolute Gasteiger partial charge is 0.293 e. The molecular weight excluding hydrogens is 416 g/mol. The van der Waals surface area contributed by atoms with Gasteiger partial charge in [0.15, 0.2) is 0 Å². The van der Waals surface area contributed by atoms with Crippen LogP contribution in [-0.2, 0) is 4.79 Å². The maximum atomic E-state index is 12.4. The number of nitrogens with one attached hydrogen (secondary N) is 1. The van der Waals surface area contributed by atoms with Crippen molar-refractivity contribution in [3.63, 3.8) is 0 Å². The van der Waals surface area contributed by atoms with Gasteiger partial charge in [0.2, 0.25) is 0 Å². The van der Waals surface area contributed by atoms with Gasteiger partial charge in [0, 0.05) is 23.1 Å². The first-order chi connectivity index (χ1) is 12.5. The fourth-order valence-corrected chi connectivity index (χ4v) is 3.51. The Hall–Kier alpha value is -2.38. The summed E-state index contributed by atoms with van der Waals surface area (Å²) in [5.74, 6) is -0.578. The number of carbonyl (C=O) groups is 3. The quantitative estimate of drug-likeness (QED) is 0.729. The molecule has 2 aromatic carbocycles. The van der Waals surface area contributed by atoms with E-state index in [0.717, 1.165) is 26.7 Å². The van der Waals surface area contributed by atoms with Crippen LogP contribution in [0.15, 0.2) is 64.0 Å². The number of halogens is 1. The Morgan fingerprint density at radius 3 is 2.46 bits per heavy atom. The molecule has 0 aromatic heterocycles. The van der Waals surface area contributed by atoms with Gasteiger partial charge in [-0.2, -0.15) is 0 Å². The van der Waals surface area contributed by atoms with Gasteiger partial charge in [-0.3, -0.25) is 19.3 Å². The fraction of sp³-hybridized carbons (Fsp3) is 0.105. The molecule has 132 valence electrons. The highest BCUT2D eigenvalue weighted by Gasteiger charge is 2.34. The van der Waals surface area contributed by atoms with Crippen molar-refractivity contribution >= 4 is 50.8 Å². The lowest BCUT2D eigenvalue weighted by Crippen LogP contribution is -2.37. The standard InChI is InChI=1S/C19H15BrN2O3S/c20-15-8-6-14(7-9-15)17(23)21-10-11-22-18(24)16(26-19(22)25)12-13-4-2-1-3-5-13/h1-9,12H,10-11H2,(H,21,23)/b16-12+. The van der Waals surface area contributed by atoms with Crippen LogP contribution in [-0.4, -0.2) is 35.0 Å². The average molecular weight is 431 g/mol. The summed E-state index contributed by atoms with van der Waals surface area (Å²) in [6.45, 7) is 0.338. The van der Waals surface area contributed by atoms with Crippen molar-refractivity contribution < 1.29 is 14.4 Å². The zero-order valence-corrected chi connectivity index (χ0v) is 16.0.